The number of aryl methyl sites for hydroxylation is 2. The van der Waals surface area contributed by atoms with Gasteiger partial charge in [0.05, 0.1) is 0 Å². The molecule has 0 aliphatic carbocycles. The van der Waals surface area contributed by atoms with Crippen molar-refractivity contribution in [2.45, 2.75) is 37.5 Å². The maximum absolute atomic E-state index is 12.6. The molecule has 2 aromatic carbocycles. The van der Waals surface area contributed by atoms with Gasteiger partial charge in [-0.3, -0.25) is 9.59 Å². The average molecular weight is 453 g/mol. The summed E-state index contributed by atoms with van der Waals surface area (Å²) in [7, 11) is 0. The van der Waals surface area contributed by atoms with Crippen LogP contribution in [0, 0.1) is 13.8 Å². The summed E-state index contributed by atoms with van der Waals surface area (Å²) in [5.41, 5.74) is 3.29. The normalized spacial score (nSPS) is 16.0. The first-order valence-electron chi connectivity index (χ1n) is 10.2. The Morgan fingerprint density at radius 1 is 1.16 bits per heavy atom. The maximum atomic E-state index is 12.6. The topological polar surface area (TPSA) is 75.2 Å². The lowest BCUT2D eigenvalue weighted by Crippen LogP contribution is -2.24. The van der Waals surface area contributed by atoms with Gasteiger partial charge in [-0.15, -0.1) is 22.0 Å². The number of anilines is 2. The lowest BCUT2D eigenvalue weighted by Gasteiger charge is -2.17. The smallest absolute Gasteiger partial charge is 0.227 e. The Morgan fingerprint density at radius 3 is 2.74 bits per heavy atom. The lowest BCUT2D eigenvalue weighted by molar-refractivity contribution is -0.117. The second-order valence-corrected chi connectivity index (χ2v) is 9.76. The SMILES string of the molecule is Cc1ccc(N2C[C@@H](c3nnc(NC(=O)CCSc4ccccc4)s3)CC2=O)cc1C. The minimum atomic E-state index is -0.0783. The highest BCUT2D eigenvalue weighted by molar-refractivity contribution is 7.99. The van der Waals surface area contributed by atoms with E-state index >= 15 is 0 Å². The van der Waals surface area contributed by atoms with E-state index in [-0.39, 0.29) is 17.7 Å². The van der Waals surface area contributed by atoms with Crippen molar-refractivity contribution in [3.63, 3.8) is 0 Å². The number of amides is 2. The van der Waals surface area contributed by atoms with Gasteiger partial charge in [0.25, 0.3) is 0 Å². The molecule has 1 atom stereocenters. The molecule has 3 aromatic rings. The number of benzene rings is 2. The molecule has 1 aliphatic heterocycles. The van der Waals surface area contributed by atoms with Crippen molar-refractivity contribution in [2.75, 3.05) is 22.5 Å². The van der Waals surface area contributed by atoms with Crippen LogP contribution in [0.1, 0.15) is 34.9 Å². The molecular weight excluding hydrogens is 428 g/mol. The molecule has 0 saturated carbocycles. The van der Waals surface area contributed by atoms with Crippen molar-refractivity contribution >= 4 is 45.7 Å². The Kier molecular flexibility index (Phi) is 6.67. The Balaban J connectivity index is 1.31. The van der Waals surface area contributed by atoms with Crippen molar-refractivity contribution < 1.29 is 9.59 Å². The first-order chi connectivity index (χ1) is 15.0. The van der Waals surface area contributed by atoms with E-state index in [1.54, 1.807) is 11.8 Å². The summed E-state index contributed by atoms with van der Waals surface area (Å²) < 4.78 is 0. The van der Waals surface area contributed by atoms with Gasteiger partial charge >= 0.3 is 0 Å². The fourth-order valence-corrected chi connectivity index (χ4v) is 5.15. The fourth-order valence-electron chi connectivity index (χ4n) is 3.43. The molecule has 31 heavy (non-hydrogen) atoms. The molecule has 0 spiro atoms. The summed E-state index contributed by atoms with van der Waals surface area (Å²) in [5, 5.41) is 12.5. The van der Waals surface area contributed by atoms with Gasteiger partial charge in [0, 0.05) is 41.6 Å². The van der Waals surface area contributed by atoms with Gasteiger partial charge < -0.3 is 10.2 Å². The Labute approximate surface area is 190 Å². The largest absolute Gasteiger partial charge is 0.312 e. The molecule has 1 saturated heterocycles. The van der Waals surface area contributed by atoms with E-state index < -0.39 is 0 Å². The molecule has 1 N–H and O–H groups in total. The number of aromatic nitrogens is 2. The summed E-state index contributed by atoms with van der Waals surface area (Å²) in [4.78, 5) is 27.8. The summed E-state index contributed by atoms with van der Waals surface area (Å²) >= 11 is 3.00. The van der Waals surface area contributed by atoms with E-state index in [2.05, 4.69) is 35.4 Å². The number of thioether (sulfide) groups is 1. The number of carbonyl (C=O) groups excluding carboxylic acids is 2. The molecule has 0 bridgehead atoms. The van der Waals surface area contributed by atoms with Crippen molar-refractivity contribution in [3.8, 4) is 0 Å². The molecule has 2 amide bonds. The first kappa shape index (κ1) is 21.5. The second-order valence-electron chi connectivity index (χ2n) is 7.58. The summed E-state index contributed by atoms with van der Waals surface area (Å²) in [6, 6.07) is 16.1. The summed E-state index contributed by atoms with van der Waals surface area (Å²) in [6.45, 7) is 4.69. The Morgan fingerprint density at radius 2 is 1.97 bits per heavy atom. The third kappa shape index (κ3) is 5.32. The predicted octanol–water partition coefficient (Wildman–Crippen LogP) is 4.80. The van der Waals surface area contributed by atoms with Crippen LogP contribution in [-0.2, 0) is 9.59 Å². The van der Waals surface area contributed by atoms with E-state index in [9.17, 15) is 9.59 Å². The highest BCUT2D eigenvalue weighted by Gasteiger charge is 2.34. The number of hydrogen-bond acceptors (Lipinski definition) is 6. The van der Waals surface area contributed by atoms with Crippen LogP contribution in [0.3, 0.4) is 0 Å². The minimum Gasteiger partial charge on any atom is -0.312 e. The van der Waals surface area contributed by atoms with Gasteiger partial charge in [0.15, 0.2) is 0 Å². The van der Waals surface area contributed by atoms with Crippen molar-refractivity contribution in [2.24, 2.45) is 0 Å². The molecule has 0 unspecified atom stereocenters. The second kappa shape index (κ2) is 9.62. The van der Waals surface area contributed by atoms with E-state index in [4.69, 9.17) is 0 Å². The molecule has 4 rings (SSSR count). The van der Waals surface area contributed by atoms with Crippen LogP contribution >= 0.6 is 23.1 Å². The highest BCUT2D eigenvalue weighted by Crippen LogP contribution is 2.34. The lowest BCUT2D eigenvalue weighted by atomic mass is 10.1. The number of nitrogens with zero attached hydrogens (tertiary/aromatic N) is 3. The number of nitrogens with one attached hydrogen (secondary N) is 1. The van der Waals surface area contributed by atoms with Crippen LogP contribution in [0.25, 0.3) is 0 Å². The highest BCUT2D eigenvalue weighted by atomic mass is 32.2. The molecule has 1 aliphatic rings. The van der Waals surface area contributed by atoms with Gasteiger partial charge in [0.1, 0.15) is 5.01 Å². The number of carbonyl (C=O) groups is 2. The first-order valence-corrected chi connectivity index (χ1v) is 12.0. The Bertz CT molecular complexity index is 1080. The molecule has 160 valence electrons. The van der Waals surface area contributed by atoms with E-state index in [0.29, 0.717) is 30.3 Å². The zero-order chi connectivity index (χ0) is 21.8. The van der Waals surface area contributed by atoms with Gasteiger partial charge in [-0.2, -0.15) is 0 Å². The quantitative estimate of drug-likeness (QED) is 0.522. The zero-order valence-corrected chi connectivity index (χ0v) is 19.1. The van der Waals surface area contributed by atoms with E-state index in [1.807, 2.05) is 47.4 Å². The van der Waals surface area contributed by atoms with Crippen LogP contribution < -0.4 is 10.2 Å². The van der Waals surface area contributed by atoms with Gasteiger partial charge in [-0.05, 0) is 49.2 Å². The van der Waals surface area contributed by atoms with Gasteiger partial charge in [-0.25, -0.2) is 0 Å². The minimum absolute atomic E-state index is 0.00843. The molecule has 1 aromatic heterocycles. The maximum Gasteiger partial charge on any atom is 0.227 e. The monoisotopic (exact) mass is 452 g/mol. The van der Waals surface area contributed by atoms with Crippen LogP contribution in [0.4, 0.5) is 10.8 Å². The standard InChI is InChI=1S/C23H24N4O2S2/c1-15-8-9-18(12-16(15)2)27-14-17(13-21(27)29)22-25-26-23(31-22)24-20(28)10-11-30-19-6-4-3-5-7-19/h3-9,12,17H,10-11,13-14H2,1-2H3,(H,24,26,28)/t17-/m0/s1. The molecule has 0 radical (unpaired) electrons. The van der Waals surface area contributed by atoms with Crippen molar-refractivity contribution in [1.82, 2.24) is 10.2 Å². The zero-order valence-electron chi connectivity index (χ0n) is 17.5. The van der Waals surface area contributed by atoms with Gasteiger partial charge in [-0.1, -0.05) is 35.6 Å². The van der Waals surface area contributed by atoms with Crippen LogP contribution in [0.2, 0.25) is 0 Å². The van der Waals surface area contributed by atoms with E-state index in [0.717, 1.165) is 15.6 Å². The third-order valence-electron chi connectivity index (χ3n) is 5.30. The van der Waals surface area contributed by atoms with E-state index in [1.165, 1.54) is 22.5 Å². The van der Waals surface area contributed by atoms with Crippen LogP contribution in [0.5, 0.6) is 0 Å². The summed E-state index contributed by atoms with van der Waals surface area (Å²) in [6.07, 6.45) is 0.806. The molecule has 8 heteroatoms. The molecular formula is C23H24N4O2S2. The number of rotatable bonds is 7. The average Bonchev–Trinajstić information content (AvgIpc) is 3.37. The van der Waals surface area contributed by atoms with Crippen molar-refractivity contribution in [3.05, 3.63) is 64.7 Å². The Hall–Kier alpha value is -2.71. The predicted molar refractivity (Wildman–Crippen MR) is 126 cm³/mol. The van der Waals surface area contributed by atoms with Crippen molar-refractivity contribution in [1.29, 1.82) is 0 Å². The molecule has 2 heterocycles. The number of hydrogen-bond donors (Lipinski definition) is 1. The van der Waals surface area contributed by atoms with Gasteiger partial charge in [0.2, 0.25) is 16.9 Å². The third-order valence-corrected chi connectivity index (χ3v) is 7.32. The fraction of sp³-hybridized carbons (Fsp3) is 0.304. The van der Waals surface area contributed by atoms with Crippen LogP contribution in [0.15, 0.2) is 53.4 Å². The molecule has 1 fully saturated rings. The van der Waals surface area contributed by atoms with Crippen LogP contribution in [-0.4, -0.2) is 34.3 Å². The molecule has 6 nitrogen and oxygen atoms in total. The summed E-state index contributed by atoms with van der Waals surface area (Å²) in [5.74, 6) is 0.701.